The molecule has 0 radical (unpaired) electrons. The maximum Gasteiger partial charge on any atom is 0.339 e. The molecule has 138 valence electrons. The summed E-state index contributed by atoms with van der Waals surface area (Å²) >= 11 is 0. The molecule has 0 aliphatic heterocycles. The van der Waals surface area contributed by atoms with E-state index in [1.165, 1.54) is 24.3 Å². The molecule has 3 aromatic rings. The highest BCUT2D eigenvalue weighted by Crippen LogP contribution is 2.25. The summed E-state index contributed by atoms with van der Waals surface area (Å²) in [4.78, 5) is 22.6. The second-order valence-electron chi connectivity index (χ2n) is 6.12. The van der Waals surface area contributed by atoms with E-state index in [-0.39, 0.29) is 17.5 Å². The first-order valence-corrected chi connectivity index (χ1v) is 8.21. The molecule has 0 fully saturated rings. The van der Waals surface area contributed by atoms with Gasteiger partial charge in [-0.05, 0) is 44.5 Å². The van der Waals surface area contributed by atoms with Crippen molar-refractivity contribution in [1.29, 1.82) is 0 Å². The number of aromatic nitrogens is 2. The Morgan fingerprint density at radius 1 is 1.15 bits per heavy atom. The Morgan fingerprint density at radius 3 is 2.52 bits per heavy atom. The number of carbonyl (C=O) groups excluding carboxylic acids is 1. The van der Waals surface area contributed by atoms with Crippen molar-refractivity contribution in [2.75, 3.05) is 0 Å². The van der Waals surface area contributed by atoms with Crippen LogP contribution in [-0.2, 0) is 4.74 Å². The standard InChI is InChI=1S/C19H17N3O5/c1-11-4-5-12(2)16(10-11)19(23)26-13(3)17-20-21-18(27-17)14-6-8-15(9-7-14)22(24)25/h4-10,13H,1-3H3/t13-/m0/s1. The van der Waals surface area contributed by atoms with Crippen LogP contribution in [0.4, 0.5) is 5.69 Å². The minimum absolute atomic E-state index is 0.0330. The first-order chi connectivity index (χ1) is 12.8. The van der Waals surface area contributed by atoms with Crippen molar-refractivity contribution >= 4 is 11.7 Å². The molecule has 0 N–H and O–H groups in total. The molecular formula is C19H17N3O5. The van der Waals surface area contributed by atoms with Gasteiger partial charge < -0.3 is 9.15 Å². The maximum atomic E-state index is 12.4. The van der Waals surface area contributed by atoms with Crippen molar-refractivity contribution in [3.05, 3.63) is 75.2 Å². The van der Waals surface area contributed by atoms with E-state index in [1.54, 1.807) is 13.0 Å². The van der Waals surface area contributed by atoms with E-state index in [0.29, 0.717) is 11.1 Å². The van der Waals surface area contributed by atoms with Gasteiger partial charge in [-0.3, -0.25) is 10.1 Å². The number of benzene rings is 2. The van der Waals surface area contributed by atoms with Gasteiger partial charge in [0.2, 0.25) is 5.89 Å². The third-order valence-electron chi connectivity index (χ3n) is 4.01. The van der Waals surface area contributed by atoms with Crippen LogP contribution in [0.5, 0.6) is 0 Å². The quantitative estimate of drug-likeness (QED) is 0.378. The summed E-state index contributed by atoms with van der Waals surface area (Å²) in [5.74, 6) is -0.143. The number of rotatable bonds is 5. The van der Waals surface area contributed by atoms with E-state index in [9.17, 15) is 14.9 Å². The third-order valence-corrected chi connectivity index (χ3v) is 4.01. The molecule has 0 aliphatic rings. The summed E-state index contributed by atoms with van der Waals surface area (Å²) < 4.78 is 11.0. The molecular weight excluding hydrogens is 350 g/mol. The molecule has 0 saturated carbocycles. The molecule has 0 saturated heterocycles. The van der Waals surface area contributed by atoms with Gasteiger partial charge in [-0.2, -0.15) is 0 Å². The topological polar surface area (TPSA) is 108 Å². The lowest BCUT2D eigenvalue weighted by Gasteiger charge is -2.11. The normalized spacial score (nSPS) is 11.8. The molecule has 0 unspecified atom stereocenters. The highest BCUT2D eigenvalue weighted by Gasteiger charge is 2.21. The minimum atomic E-state index is -0.739. The molecule has 27 heavy (non-hydrogen) atoms. The highest BCUT2D eigenvalue weighted by molar-refractivity contribution is 5.91. The van der Waals surface area contributed by atoms with Crippen molar-refractivity contribution in [2.45, 2.75) is 26.9 Å². The van der Waals surface area contributed by atoms with Crippen LogP contribution in [0, 0.1) is 24.0 Å². The Bertz CT molecular complexity index is 995. The zero-order valence-corrected chi connectivity index (χ0v) is 15.0. The van der Waals surface area contributed by atoms with Gasteiger partial charge in [0.25, 0.3) is 11.6 Å². The van der Waals surface area contributed by atoms with Gasteiger partial charge in [-0.1, -0.05) is 17.7 Å². The van der Waals surface area contributed by atoms with E-state index >= 15 is 0 Å². The third kappa shape index (κ3) is 4.00. The van der Waals surface area contributed by atoms with Gasteiger partial charge in [0.05, 0.1) is 10.5 Å². The Morgan fingerprint density at radius 2 is 1.85 bits per heavy atom. The van der Waals surface area contributed by atoms with Gasteiger partial charge in [0.1, 0.15) is 0 Å². The maximum absolute atomic E-state index is 12.4. The van der Waals surface area contributed by atoms with Crippen LogP contribution < -0.4 is 0 Å². The molecule has 3 rings (SSSR count). The molecule has 1 aromatic heterocycles. The monoisotopic (exact) mass is 367 g/mol. The zero-order valence-electron chi connectivity index (χ0n) is 15.0. The van der Waals surface area contributed by atoms with E-state index in [1.807, 2.05) is 26.0 Å². The predicted octanol–water partition coefficient (Wildman–Crippen LogP) is 4.18. The van der Waals surface area contributed by atoms with Crippen LogP contribution in [0.1, 0.15) is 40.4 Å². The fraction of sp³-hybridized carbons (Fsp3) is 0.211. The number of nitrogens with zero attached hydrogens (tertiary/aromatic N) is 3. The molecule has 1 atom stereocenters. The van der Waals surface area contributed by atoms with E-state index in [4.69, 9.17) is 9.15 Å². The van der Waals surface area contributed by atoms with E-state index in [0.717, 1.165) is 11.1 Å². The fourth-order valence-electron chi connectivity index (χ4n) is 2.47. The van der Waals surface area contributed by atoms with E-state index in [2.05, 4.69) is 10.2 Å². The Kier molecular flexibility index (Phi) is 4.98. The molecule has 0 spiro atoms. The lowest BCUT2D eigenvalue weighted by molar-refractivity contribution is -0.384. The van der Waals surface area contributed by atoms with Crippen LogP contribution in [0.25, 0.3) is 11.5 Å². The van der Waals surface area contributed by atoms with Crippen LogP contribution in [-0.4, -0.2) is 21.1 Å². The number of esters is 1. The average Bonchev–Trinajstić information content (AvgIpc) is 3.14. The molecule has 0 bridgehead atoms. The van der Waals surface area contributed by atoms with Gasteiger partial charge in [0, 0.05) is 17.7 Å². The SMILES string of the molecule is Cc1ccc(C)c(C(=O)O[C@@H](C)c2nnc(-c3ccc([N+](=O)[O-])cc3)o2)c1. The molecule has 0 amide bonds. The first kappa shape index (κ1) is 18.2. The number of carbonyl (C=O) groups is 1. The van der Waals surface area contributed by atoms with Crippen LogP contribution >= 0.6 is 0 Å². The number of ether oxygens (including phenoxy) is 1. The summed E-state index contributed by atoms with van der Waals surface area (Å²) in [6.45, 7) is 5.37. The minimum Gasteiger partial charge on any atom is -0.449 e. The number of aryl methyl sites for hydroxylation is 2. The van der Waals surface area contributed by atoms with Crippen molar-refractivity contribution < 1.29 is 18.9 Å². The zero-order chi connectivity index (χ0) is 19.6. The largest absolute Gasteiger partial charge is 0.449 e. The molecule has 2 aromatic carbocycles. The van der Waals surface area contributed by atoms with Crippen LogP contribution in [0.2, 0.25) is 0 Å². The number of nitro groups is 1. The van der Waals surface area contributed by atoms with Gasteiger partial charge >= 0.3 is 5.97 Å². The first-order valence-electron chi connectivity index (χ1n) is 8.21. The smallest absolute Gasteiger partial charge is 0.339 e. The Hall–Kier alpha value is -3.55. The highest BCUT2D eigenvalue weighted by atomic mass is 16.6. The summed E-state index contributed by atoms with van der Waals surface area (Å²) in [5.41, 5.74) is 2.76. The lowest BCUT2D eigenvalue weighted by atomic mass is 10.1. The summed E-state index contributed by atoms with van der Waals surface area (Å²) in [6.07, 6.45) is -0.739. The van der Waals surface area contributed by atoms with Gasteiger partial charge in [0.15, 0.2) is 6.10 Å². The Balaban J connectivity index is 1.74. The molecule has 1 heterocycles. The van der Waals surface area contributed by atoms with Crippen LogP contribution in [0.15, 0.2) is 46.9 Å². The van der Waals surface area contributed by atoms with Crippen LogP contribution in [0.3, 0.4) is 0 Å². The summed E-state index contributed by atoms with van der Waals surface area (Å²) in [6, 6.07) is 11.3. The summed E-state index contributed by atoms with van der Waals surface area (Å²) in [7, 11) is 0. The molecule has 8 nitrogen and oxygen atoms in total. The number of nitro benzene ring substituents is 1. The summed E-state index contributed by atoms with van der Waals surface area (Å²) in [5, 5.41) is 18.5. The number of non-ortho nitro benzene ring substituents is 1. The van der Waals surface area contributed by atoms with Crippen molar-refractivity contribution in [3.8, 4) is 11.5 Å². The number of hydrogen-bond donors (Lipinski definition) is 0. The lowest BCUT2D eigenvalue weighted by Crippen LogP contribution is -2.11. The average molecular weight is 367 g/mol. The van der Waals surface area contributed by atoms with Gasteiger partial charge in [-0.15, -0.1) is 10.2 Å². The van der Waals surface area contributed by atoms with E-state index < -0.39 is 17.0 Å². The molecule has 0 aliphatic carbocycles. The van der Waals surface area contributed by atoms with Crippen molar-refractivity contribution in [3.63, 3.8) is 0 Å². The van der Waals surface area contributed by atoms with Crippen molar-refractivity contribution in [2.24, 2.45) is 0 Å². The predicted molar refractivity (Wildman–Crippen MR) is 96.1 cm³/mol. The fourth-order valence-corrected chi connectivity index (χ4v) is 2.47. The molecule has 8 heteroatoms. The number of hydrogen-bond acceptors (Lipinski definition) is 7. The van der Waals surface area contributed by atoms with Gasteiger partial charge in [-0.25, -0.2) is 4.79 Å². The van der Waals surface area contributed by atoms with Crippen molar-refractivity contribution in [1.82, 2.24) is 10.2 Å². The second kappa shape index (κ2) is 7.36. The Labute approximate surface area is 155 Å². The second-order valence-corrected chi connectivity index (χ2v) is 6.12.